The van der Waals surface area contributed by atoms with Crippen LogP contribution in [0.15, 0.2) is 66.8 Å². The summed E-state index contributed by atoms with van der Waals surface area (Å²) in [5, 5.41) is 14.2. The molecular weight excluding hydrogens is 400 g/mol. The fourth-order valence-corrected chi connectivity index (χ4v) is 3.80. The van der Waals surface area contributed by atoms with Crippen molar-refractivity contribution in [2.45, 2.75) is 39.2 Å². The molecule has 0 radical (unpaired) electrons. The second kappa shape index (κ2) is 8.46. The van der Waals surface area contributed by atoms with Crippen LogP contribution in [0.1, 0.15) is 42.4 Å². The number of nitrogens with zero attached hydrogens (tertiary/aromatic N) is 1. The van der Waals surface area contributed by atoms with Crippen LogP contribution >= 0.6 is 0 Å². The third-order valence-electron chi connectivity index (χ3n) is 5.76. The number of aromatic amines is 1. The van der Waals surface area contributed by atoms with Crippen LogP contribution < -0.4 is 10.6 Å². The van der Waals surface area contributed by atoms with Gasteiger partial charge in [-0.15, -0.1) is 0 Å². The number of nitrogens with one attached hydrogen (secondary N) is 3. The third kappa shape index (κ3) is 4.49. The topological polar surface area (TPSA) is 86.9 Å². The molecule has 4 rings (SSSR count). The average molecular weight is 429 g/mol. The van der Waals surface area contributed by atoms with Gasteiger partial charge in [-0.2, -0.15) is 5.10 Å². The maximum atomic E-state index is 13.0. The summed E-state index contributed by atoms with van der Waals surface area (Å²) in [5.41, 5.74) is 4.20. The molecule has 164 valence electrons. The van der Waals surface area contributed by atoms with Crippen molar-refractivity contribution < 1.29 is 9.59 Å². The fraction of sp³-hybridized carbons (Fsp3) is 0.269. The Kier molecular flexibility index (Phi) is 5.70. The van der Waals surface area contributed by atoms with Gasteiger partial charge in [0.25, 0.3) is 5.91 Å². The zero-order valence-electron chi connectivity index (χ0n) is 18.8. The number of fused-ring (bicyclic) bond motifs is 1. The van der Waals surface area contributed by atoms with Crippen LogP contribution in [0.2, 0.25) is 0 Å². The summed E-state index contributed by atoms with van der Waals surface area (Å²) in [6.45, 7) is 8.36. The summed E-state index contributed by atoms with van der Waals surface area (Å²) in [4.78, 5) is 25.9. The Hall–Kier alpha value is -3.67. The van der Waals surface area contributed by atoms with Gasteiger partial charge in [-0.3, -0.25) is 14.7 Å². The summed E-state index contributed by atoms with van der Waals surface area (Å²) in [5.74, 6) is -0.915. The first-order valence-corrected chi connectivity index (χ1v) is 10.7. The smallest absolute Gasteiger partial charge is 0.251 e. The predicted molar refractivity (Wildman–Crippen MR) is 128 cm³/mol. The molecule has 0 saturated carbocycles. The van der Waals surface area contributed by atoms with E-state index in [1.807, 2.05) is 67.6 Å². The summed E-state index contributed by atoms with van der Waals surface area (Å²) in [6, 6.07) is 12.8. The van der Waals surface area contributed by atoms with Crippen LogP contribution in [0, 0.1) is 12.8 Å². The lowest BCUT2D eigenvalue weighted by molar-refractivity contribution is -0.118. The minimum absolute atomic E-state index is 0.0206. The van der Waals surface area contributed by atoms with Gasteiger partial charge < -0.3 is 10.6 Å². The van der Waals surface area contributed by atoms with Crippen molar-refractivity contribution in [3.05, 3.63) is 83.6 Å². The van der Waals surface area contributed by atoms with E-state index in [9.17, 15) is 9.59 Å². The normalized spacial score (nSPS) is 18.0. The highest BCUT2D eigenvalue weighted by atomic mass is 16.2. The van der Waals surface area contributed by atoms with E-state index >= 15 is 0 Å². The Morgan fingerprint density at radius 1 is 1.00 bits per heavy atom. The molecule has 3 aromatic rings. The number of allylic oxidation sites excluding steroid dienone is 2. The van der Waals surface area contributed by atoms with Gasteiger partial charge in [0.2, 0.25) is 5.91 Å². The van der Waals surface area contributed by atoms with Crippen molar-refractivity contribution in [3.63, 3.8) is 0 Å². The number of carbonyl (C=O) groups is 2. The lowest BCUT2D eigenvalue weighted by atomic mass is 9.86. The highest BCUT2D eigenvalue weighted by Gasteiger charge is 2.28. The zero-order valence-corrected chi connectivity index (χ0v) is 18.8. The van der Waals surface area contributed by atoms with Crippen molar-refractivity contribution in [1.29, 1.82) is 0 Å². The van der Waals surface area contributed by atoms with E-state index in [0.717, 1.165) is 22.2 Å². The number of benzene rings is 2. The van der Waals surface area contributed by atoms with E-state index in [2.05, 4.69) is 41.6 Å². The fourth-order valence-electron chi connectivity index (χ4n) is 3.80. The quantitative estimate of drug-likeness (QED) is 0.565. The Bertz CT molecular complexity index is 1210. The molecule has 0 saturated heterocycles. The van der Waals surface area contributed by atoms with E-state index in [0.29, 0.717) is 11.3 Å². The zero-order chi connectivity index (χ0) is 22.9. The minimum atomic E-state index is -0.519. The molecule has 1 aromatic heterocycles. The number of aromatic nitrogens is 2. The second-order valence-corrected chi connectivity index (χ2v) is 9.19. The molecule has 32 heavy (non-hydrogen) atoms. The van der Waals surface area contributed by atoms with Gasteiger partial charge >= 0.3 is 0 Å². The van der Waals surface area contributed by atoms with Crippen LogP contribution in [-0.2, 0) is 10.2 Å². The molecule has 6 nitrogen and oxygen atoms in total. The average Bonchev–Trinajstić information content (AvgIpc) is 3.13. The first-order chi connectivity index (χ1) is 15.2. The SMILES string of the molecule is Cc1[nH]nc2cc(NC(=O)C3C=CC=CC3NC(=O)c3ccc(C(C)(C)C)cc3)ccc12. The molecule has 2 atom stereocenters. The number of hydrogen-bond acceptors (Lipinski definition) is 3. The number of hydrogen-bond donors (Lipinski definition) is 3. The van der Waals surface area contributed by atoms with E-state index in [1.54, 1.807) is 6.08 Å². The second-order valence-electron chi connectivity index (χ2n) is 9.19. The van der Waals surface area contributed by atoms with Gasteiger partial charge in [0.15, 0.2) is 0 Å². The first kappa shape index (κ1) is 21.6. The molecule has 2 unspecified atom stereocenters. The van der Waals surface area contributed by atoms with Crippen LogP contribution in [0.25, 0.3) is 10.9 Å². The Morgan fingerprint density at radius 3 is 2.44 bits per heavy atom. The molecular formula is C26H28N4O2. The van der Waals surface area contributed by atoms with Gasteiger partial charge in [-0.1, -0.05) is 57.2 Å². The molecule has 1 heterocycles. The van der Waals surface area contributed by atoms with Crippen molar-refractivity contribution >= 4 is 28.4 Å². The molecule has 0 bridgehead atoms. The molecule has 1 aliphatic rings. The number of amides is 2. The third-order valence-corrected chi connectivity index (χ3v) is 5.76. The van der Waals surface area contributed by atoms with Crippen molar-refractivity contribution in [1.82, 2.24) is 15.5 Å². The van der Waals surface area contributed by atoms with E-state index in [-0.39, 0.29) is 17.2 Å². The maximum absolute atomic E-state index is 13.0. The lowest BCUT2D eigenvalue weighted by Crippen LogP contribution is -2.43. The molecule has 2 aromatic carbocycles. The highest BCUT2D eigenvalue weighted by Crippen LogP contribution is 2.23. The van der Waals surface area contributed by atoms with E-state index in [4.69, 9.17) is 0 Å². The Labute approximate surface area is 187 Å². The summed E-state index contributed by atoms with van der Waals surface area (Å²) < 4.78 is 0. The van der Waals surface area contributed by atoms with Crippen LogP contribution in [-0.4, -0.2) is 28.1 Å². The van der Waals surface area contributed by atoms with Gasteiger partial charge in [0, 0.05) is 22.3 Å². The first-order valence-electron chi connectivity index (χ1n) is 10.7. The number of anilines is 1. The molecule has 1 aliphatic carbocycles. The standard InChI is InChI=1S/C26H28N4O2/c1-16-20-14-13-19(15-23(20)30-29-16)27-25(32)21-7-5-6-8-22(21)28-24(31)17-9-11-18(12-10-17)26(2,3)4/h5-15,21-22H,1-4H3,(H,27,32)(H,28,31)(H,29,30). The summed E-state index contributed by atoms with van der Waals surface area (Å²) in [7, 11) is 0. The largest absolute Gasteiger partial charge is 0.345 e. The van der Waals surface area contributed by atoms with Gasteiger partial charge in [0.1, 0.15) is 0 Å². The van der Waals surface area contributed by atoms with Gasteiger partial charge in [0.05, 0.1) is 17.5 Å². The van der Waals surface area contributed by atoms with Crippen LogP contribution in [0.5, 0.6) is 0 Å². The monoisotopic (exact) mass is 428 g/mol. The molecule has 0 aliphatic heterocycles. The van der Waals surface area contributed by atoms with E-state index in [1.165, 1.54) is 0 Å². The Morgan fingerprint density at radius 2 is 1.72 bits per heavy atom. The number of H-pyrrole nitrogens is 1. The minimum Gasteiger partial charge on any atom is -0.345 e. The molecule has 3 N–H and O–H groups in total. The van der Waals surface area contributed by atoms with Crippen molar-refractivity contribution in [2.75, 3.05) is 5.32 Å². The van der Waals surface area contributed by atoms with Crippen molar-refractivity contribution in [3.8, 4) is 0 Å². The van der Waals surface area contributed by atoms with Crippen molar-refractivity contribution in [2.24, 2.45) is 5.92 Å². The number of rotatable bonds is 4. The maximum Gasteiger partial charge on any atom is 0.251 e. The lowest BCUT2D eigenvalue weighted by Gasteiger charge is -2.25. The summed E-state index contributed by atoms with van der Waals surface area (Å²) >= 11 is 0. The summed E-state index contributed by atoms with van der Waals surface area (Å²) in [6.07, 6.45) is 7.31. The predicted octanol–water partition coefficient (Wildman–Crippen LogP) is 4.65. The highest BCUT2D eigenvalue weighted by molar-refractivity contribution is 5.98. The van der Waals surface area contributed by atoms with Gasteiger partial charge in [-0.05, 0) is 48.2 Å². The molecule has 2 amide bonds. The number of carbonyl (C=O) groups excluding carboxylic acids is 2. The molecule has 0 fully saturated rings. The van der Waals surface area contributed by atoms with Gasteiger partial charge in [-0.25, -0.2) is 0 Å². The Balaban J connectivity index is 1.46. The van der Waals surface area contributed by atoms with Crippen LogP contribution in [0.3, 0.4) is 0 Å². The van der Waals surface area contributed by atoms with E-state index < -0.39 is 12.0 Å². The molecule has 6 heteroatoms. The van der Waals surface area contributed by atoms with Crippen LogP contribution in [0.4, 0.5) is 5.69 Å². The number of aryl methyl sites for hydroxylation is 1. The molecule has 0 spiro atoms.